The van der Waals surface area contributed by atoms with Gasteiger partial charge in [0.05, 0.1) is 6.61 Å². The smallest absolute Gasteiger partial charge is 0.342 e. The van der Waals surface area contributed by atoms with Crippen LogP contribution in [0.2, 0.25) is 0 Å². The zero-order chi connectivity index (χ0) is 10.7. The van der Waals surface area contributed by atoms with Gasteiger partial charge in [-0.05, 0) is 31.5 Å². The monoisotopic (exact) mass is 198 g/mol. The highest BCUT2D eigenvalue weighted by Gasteiger charge is 2.15. The molecule has 4 heteroatoms. The predicted octanol–water partition coefficient (Wildman–Crippen LogP) is 2.02. The number of esters is 1. The number of aromatic hydroxyl groups is 1. The molecule has 0 unspecified atom stereocenters. The average molecular weight is 198 g/mol. The summed E-state index contributed by atoms with van der Waals surface area (Å²) < 4.78 is 17.5. The van der Waals surface area contributed by atoms with Gasteiger partial charge in [-0.1, -0.05) is 0 Å². The highest BCUT2D eigenvalue weighted by Crippen LogP contribution is 2.23. The van der Waals surface area contributed by atoms with Gasteiger partial charge in [-0.3, -0.25) is 0 Å². The fraction of sp³-hybridized carbons (Fsp3) is 0.300. The van der Waals surface area contributed by atoms with E-state index in [2.05, 4.69) is 4.74 Å². The van der Waals surface area contributed by atoms with Gasteiger partial charge in [-0.2, -0.15) is 0 Å². The maximum absolute atomic E-state index is 12.9. The Hall–Kier alpha value is -1.58. The van der Waals surface area contributed by atoms with E-state index in [0.29, 0.717) is 5.56 Å². The van der Waals surface area contributed by atoms with Gasteiger partial charge in [0.1, 0.15) is 17.1 Å². The summed E-state index contributed by atoms with van der Waals surface area (Å²) in [6.07, 6.45) is 0. The molecule has 14 heavy (non-hydrogen) atoms. The number of carbonyl (C=O) groups is 1. The zero-order valence-electron chi connectivity index (χ0n) is 8.00. The zero-order valence-corrected chi connectivity index (χ0v) is 8.00. The summed E-state index contributed by atoms with van der Waals surface area (Å²) in [6, 6.07) is 2.11. The van der Waals surface area contributed by atoms with Crippen molar-refractivity contribution in [1.29, 1.82) is 0 Å². The Kier molecular flexibility index (Phi) is 3.06. The van der Waals surface area contributed by atoms with Crippen molar-refractivity contribution >= 4 is 5.97 Å². The maximum atomic E-state index is 12.9. The standard InChI is InChI=1S/C10H11FO3/c1-3-14-10(13)8-5-7(11)4-6(2)9(8)12/h4-5,12H,3H2,1-2H3. The van der Waals surface area contributed by atoms with Crippen LogP contribution in [0.1, 0.15) is 22.8 Å². The van der Waals surface area contributed by atoms with Gasteiger partial charge in [0.25, 0.3) is 0 Å². The minimum atomic E-state index is -0.715. The van der Waals surface area contributed by atoms with Crippen LogP contribution in [0.5, 0.6) is 5.75 Å². The second-order valence-corrected chi connectivity index (χ2v) is 2.84. The molecule has 0 aliphatic heterocycles. The summed E-state index contributed by atoms with van der Waals surface area (Å²) in [6.45, 7) is 3.34. The summed E-state index contributed by atoms with van der Waals surface area (Å²) in [5, 5.41) is 9.45. The lowest BCUT2D eigenvalue weighted by atomic mass is 10.1. The summed E-state index contributed by atoms with van der Waals surface area (Å²) in [5.74, 6) is -1.51. The van der Waals surface area contributed by atoms with Crippen LogP contribution in [0, 0.1) is 12.7 Å². The molecule has 0 bridgehead atoms. The van der Waals surface area contributed by atoms with Crippen LogP contribution in [0.15, 0.2) is 12.1 Å². The fourth-order valence-corrected chi connectivity index (χ4v) is 1.10. The molecule has 0 heterocycles. The largest absolute Gasteiger partial charge is 0.507 e. The Morgan fingerprint density at radius 1 is 1.57 bits per heavy atom. The number of halogens is 1. The molecule has 0 fully saturated rings. The number of aryl methyl sites for hydroxylation is 1. The summed E-state index contributed by atoms with van der Waals surface area (Å²) in [7, 11) is 0. The molecular formula is C10H11FO3. The van der Waals surface area contributed by atoms with Crippen molar-refractivity contribution in [1.82, 2.24) is 0 Å². The first kappa shape index (κ1) is 10.5. The Labute approximate surface area is 81.1 Å². The molecule has 0 spiro atoms. The number of benzene rings is 1. The Morgan fingerprint density at radius 3 is 2.79 bits per heavy atom. The van der Waals surface area contributed by atoms with Crippen molar-refractivity contribution in [2.24, 2.45) is 0 Å². The van der Waals surface area contributed by atoms with Crippen molar-refractivity contribution in [2.75, 3.05) is 6.61 Å². The maximum Gasteiger partial charge on any atom is 0.342 e. The third-order valence-electron chi connectivity index (χ3n) is 1.76. The average Bonchev–Trinajstić information content (AvgIpc) is 2.11. The van der Waals surface area contributed by atoms with E-state index in [1.54, 1.807) is 6.92 Å². The van der Waals surface area contributed by atoms with Crippen molar-refractivity contribution in [3.8, 4) is 5.75 Å². The van der Waals surface area contributed by atoms with Gasteiger partial charge >= 0.3 is 5.97 Å². The second-order valence-electron chi connectivity index (χ2n) is 2.84. The van der Waals surface area contributed by atoms with Crippen LogP contribution in [0.4, 0.5) is 4.39 Å². The van der Waals surface area contributed by atoms with E-state index < -0.39 is 11.8 Å². The number of rotatable bonds is 2. The number of hydrogen-bond donors (Lipinski definition) is 1. The molecule has 0 saturated carbocycles. The molecule has 3 nitrogen and oxygen atoms in total. The van der Waals surface area contributed by atoms with Gasteiger partial charge in [0.15, 0.2) is 0 Å². The van der Waals surface area contributed by atoms with E-state index >= 15 is 0 Å². The first-order chi connectivity index (χ1) is 6.56. The fourth-order valence-electron chi connectivity index (χ4n) is 1.10. The minimum Gasteiger partial charge on any atom is -0.507 e. The lowest BCUT2D eigenvalue weighted by Crippen LogP contribution is -2.06. The van der Waals surface area contributed by atoms with Gasteiger partial charge in [0.2, 0.25) is 0 Å². The third kappa shape index (κ3) is 2.02. The molecule has 0 saturated heterocycles. The molecular weight excluding hydrogens is 187 g/mol. The van der Waals surface area contributed by atoms with Crippen LogP contribution in [0.3, 0.4) is 0 Å². The Bertz CT molecular complexity index is 361. The molecule has 1 rings (SSSR count). The third-order valence-corrected chi connectivity index (χ3v) is 1.76. The molecule has 0 radical (unpaired) electrons. The van der Waals surface area contributed by atoms with E-state index in [4.69, 9.17) is 0 Å². The van der Waals surface area contributed by atoms with Crippen molar-refractivity contribution < 1.29 is 19.0 Å². The van der Waals surface area contributed by atoms with Gasteiger partial charge in [0, 0.05) is 0 Å². The molecule has 0 atom stereocenters. The first-order valence-electron chi connectivity index (χ1n) is 4.22. The number of ether oxygens (including phenoxy) is 1. The normalized spacial score (nSPS) is 9.93. The van der Waals surface area contributed by atoms with Crippen LogP contribution < -0.4 is 0 Å². The summed E-state index contributed by atoms with van der Waals surface area (Å²) >= 11 is 0. The minimum absolute atomic E-state index is 0.135. The van der Waals surface area contributed by atoms with Gasteiger partial charge < -0.3 is 9.84 Å². The lowest BCUT2D eigenvalue weighted by molar-refractivity contribution is 0.0522. The van der Waals surface area contributed by atoms with Gasteiger partial charge in [-0.15, -0.1) is 0 Å². The van der Waals surface area contributed by atoms with E-state index in [0.717, 1.165) is 12.1 Å². The molecule has 0 aromatic heterocycles. The van der Waals surface area contributed by atoms with Crippen molar-refractivity contribution in [3.63, 3.8) is 0 Å². The second kappa shape index (κ2) is 4.09. The van der Waals surface area contributed by atoms with Crippen molar-refractivity contribution in [3.05, 3.63) is 29.1 Å². The molecule has 0 aliphatic rings. The van der Waals surface area contributed by atoms with E-state index in [1.807, 2.05) is 0 Å². The van der Waals surface area contributed by atoms with Crippen molar-refractivity contribution in [2.45, 2.75) is 13.8 Å². The molecule has 76 valence electrons. The van der Waals surface area contributed by atoms with Crippen LogP contribution in [-0.2, 0) is 4.74 Å². The molecule has 0 amide bonds. The number of hydrogen-bond acceptors (Lipinski definition) is 3. The van der Waals surface area contributed by atoms with E-state index in [9.17, 15) is 14.3 Å². The molecule has 1 aromatic rings. The van der Waals surface area contributed by atoms with Crippen LogP contribution in [-0.4, -0.2) is 17.7 Å². The Balaban J connectivity index is 3.13. The highest BCUT2D eigenvalue weighted by atomic mass is 19.1. The SMILES string of the molecule is CCOC(=O)c1cc(F)cc(C)c1O. The van der Waals surface area contributed by atoms with Gasteiger partial charge in [-0.25, -0.2) is 9.18 Å². The molecule has 1 aromatic carbocycles. The summed E-state index contributed by atoms with van der Waals surface area (Å²) in [5.41, 5.74) is 0.178. The Morgan fingerprint density at radius 2 is 2.21 bits per heavy atom. The number of phenols is 1. The number of carbonyl (C=O) groups excluding carboxylic acids is 1. The lowest BCUT2D eigenvalue weighted by Gasteiger charge is -2.06. The highest BCUT2D eigenvalue weighted by molar-refractivity contribution is 5.92. The van der Waals surface area contributed by atoms with Crippen LogP contribution >= 0.6 is 0 Å². The van der Waals surface area contributed by atoms with E-state index in [1.165, 1.54) is 6.92 Å². The number of phenolic OH excluding ortho intramolecular Hbond substituents is 1. The topological polar surface area (TPSA) is 46.5 Å². The predicted molar refractivity (Wildman–Crippen MR) is 48.8 cm³/mol. The molecule has 0 aliphatic carbocycles. The van der Waals surface area contributed by atoms with Crippen LogP contribution in [0.25, 0.3) is 0 Å². The quantitative estimate of drug-likeness (QED) is 0.739. The summed E-state index contributed by atoms with van der Waals surface area (Å²) in [4.78, 5) is 11.2. The molecule has 1 N–H and O–H groups in total. The van der Waals surface area contributed by atoms with E-state index in [-0.39, 0.29) is 17.9 Å². The first-order valence-corrected chi connectivity index (χ1v) is 4.22.